The Morgan fingerprint density at radius 2 is 0.821 bits per heavy atom. The van der Waals surface area contributed by atoms with E-state index in [0.717, 1.165) is 83.5 Å². The number of hydrogen-bond donors (Lipinski definition) is 3. The third-order valence-corrected chi connectivity index (χ3v) is 12.9. The zero-order valence-electron chi connectivity index (χ0n) is 44.3. The first-order valence-electron chi connectivity index (χ1n) is 28.7. The van der Waals surface area contributed by atoms with Crippen molar-refractivity contribution in [3.8, 4) is 0 Å². The van der Waals surface area contributed by atoms with Gasteiger partial charge < -0.3 is 20.3 Å². The van der Waals surface area contributed by atoms with E-state index in [9.17, 15) is 19.8 Å². The number of esters is 1. The van der Waals surface area contributed by atoms with Gasteiger partial charge in [0.1, 0.15) is 6.10 Å². The molecule has 0 rings (SSSR count). The summed E-state index contributed by atoms with van der Waals surface area (Å²) in [7, 11) is 0. The van der Waals surface area contributed by atoms with Crippen LogP contribution in [0.5, 0.6) is 0 Å². The first-order valence-corrected chi connectivity index (χ1v) is 28.7. The number of unbranched alkanes of at least 4 members (excludes halogenated alkanes) is 31. The summed E-state index contributed by atoms with van der Waals surface area (Å²) >= 11 is 0. The molecule has 0 radical (unpaired) electrons. The van der Waals surface area contributed by atoms with Crippen molar-refractivity contribution in [2.24, 2.45) is 0 Å². The van der Waals surface area contributed by atoms with Crippen molar-refractivity contribution in [2.45, 2.75) is 296 Å². The molecule has 3 unspecified atom stereocenters. The Balaban J connectivity index is 4.63. The van der Waals surface area contributed by atoms with Crippen LogP contribution in [0.15, 0.2) is 72.9 Å². The third kappa shape index (κ3) is 49.5. The number of rotatable bonds is 51. The molecule has 3 N–H and O–H groups in total. The number of carbonyl (C=O) groups excluding carboxylic acids is 2. The van der Waals surface area contributed by atoms with Gasteiger partial charge in [0.25, 0.3) is 0 Å². The third-order valence-electron chi connectivity index (χ3n) is 12.9. The van der Waals surface area contributed by atoms with Crippen LogP contribution in [-0.2, 0) is 14.3 Å². The molecule has 0 aromatic rings. The maximum Gasteiger partial charge on any atom is 0.306 e. The van der Waals surface area contributed by atoms with Gasteiger partial charge in [-0.3, -0.25) is 9.59 Å². The van der Waals surface area contributed by atoms with Crippen LogP contribution in [0.3, 0.4) is 0 Å². The molecule has 6 nitrogen and oxygen atoms in total. The number of aliphatic hydroxyl groups is 2. The Labute approximate surface area is 415 Å². The van der Waals surface area contributed by atoms with E-state index in [1.807, 2.05) is 36.5 Å². The quantitative estimate of drug-likeness (QED) is 0.0244. The zero-order chi connectivity index (χ0) is 48.8. The standard InChI is InChI=1S/C61H109NO5/c1-4-7-10-13-16-19-22-25-28-30-33-35-38-41-44-47-50-53-59(64)58(56-63)62-60(65)55-57(52-49-46-43-40-37-34-32-29-26-23-20-17-14-11-8-5-2)67-61(66)54-51-48-45-42-39-36-31-27-24-21-18-15-12-9-6-3/h9,12,15,18,21,24,27,31,34,36-37,39,57-59,63-64H,4-8,10-11,13-14,16-17,19-20,22-23,25-26,28-30,32-33,35,38,40-56H2,1-3H3,(H,62,65)/b12-9+,18-15+,24-21-,31-27-,37-34+,39-36+. The predicted octanol–water partition coefficient (Wildman–Crippen LogP) is 17.7. The molecule has 0 aliphatic rings. The average Bonchev–Trinajstić information content (AvgIpc) is 3.32. The highest BCUT2D eigenvalue weighted by Gasteiger charge is 2.24. The number of ether oxygens (including phenoxy) is 1. The van der Waals surface area contributed by atoms with E-state index in [0.29, 0.717) is 19.3 Å². The van der Waals surface area contributed by atoms with Crippen molar-refractivity contribution in [1.29, 1.82) is 0 Å². The first-order chi connectivity index (χ1) is 33.0. The van der Waals surface area contributed by atoms with Gasteiger partial charge in [0.2, 0.25) is 5.91 Å². The number of amides is 1. The number of nitrogens with one attached hydrogen (secondary N) is 1. The van der Waals surface area contributed by atoms with Gasteiger partial charge in [0, 0.05) is 6.42 Å². The fourth-order valence-corrected chi connectivity index (χ4v) is 8.57. The van der Waals surface area contributed by atoms with Gasteiger partial charge in [-0.1, -0.05) is 267 Å². The highest BCUT2D eigenvalue weighted by Crippen LogP contribution is 2.18. The molecule has 0 saturated heterocycles. The lowest BCUT2D eigenvalue weighted by atomic mass is 10.0. The molecule has 0 spiro atoms. The molecule has 0 aromatic heterocycles. The topological polar surface area (TPSA) is 95.9 Å². The van der Waals surface area contributed by atoms with Crippen LogP contribution in [0.4, 0.5) is 0 Å². The average molecular weight is 937 g/mol. The summed E-state index contributed by atoms with van der Waals surface area (Å²) in [5.74, 6) is -0.533. The van der Waals surface area contributed by atoms with Gasteiger partial charge in [-0.25, -0.2) is 0 Å². The second-order valence-corrected chi connectivity index (χ2v) is 19.4. The molecule has 6 heteroatoms. The van der Waals surface area contributed by atoms with E-state index >= 15 is 0 Å². The van der Waals surface area contributed by atoms with Gasteiger partial charge >= 0.3 is 5.97 Å². The molecule has 0 fully saturated rings. The van der Waals surface area contributed by atoms with E-state index in [2.05, 4.69) is 62.5 Å². The maximum absolute atomic E-state index is 13.3. The first kappa shape index (κ1) is 64.3. The van der Waals surface area contributed by atoms with Gasteiger partial charge in [-0.2, -0.15) is 0 Å². The largest absolute Gasteiger partial charge is 0.462 e. The van der Waals surface area contributed by atoms with Crippen LogP contribution < -0.4 is 5.32 Å². The Morgan fingerprint density at radius 3 is 1.28 bits per heavy atom. The van der Waals surface area contributed by atoms with E-state index in [1.165, 1.54) is 148 Å². The van der Waals surface area contributed by atoms with Crippen LogP contribution >= 0.6 is 0 Å². The normalized spacial score (nSPS) is 13.7. The summed E-state index contributed by atoms with van der Waals surface area (Å²) < 4.78 is 5.93. The number of allylic oxidation sites excluding steroid dienone is 12. The van der Waals surface area contributed by atoms with Crippen molar-refractivity contribution < 1.29 is 24.5 Å². The summed E-state index contributed by atoms with van der Waals surface area (Å²) in [5, 5.41) is 23.9. The molecule has 67 heavy (non-hydrogen) atoms. The van der Waals surface area contributed by atoms with Crippen LogP contribution in [-0.4, -0.2) is 46.9 Å². The second kappa shape index (κ2) is 54.2. The highest BCUT2D eigenvalue weighted by atomic mass is 16.5. The van der Waals surface area contributed by atoms with Crippen molar-refractivity contribution in [3.63, 3.8) is 0 Å². The van der Waals surface area contributed by atoms with E-state index < -0.39 is 18.2 Å². The number of carbonyl (C=O) groups is 2. The lowest BCUT2D eigenvalue weighted by molar-refractivity contribution is -0.151. The van der Waals surface area contributed by atoms with Gasteiger partial charge in [0.15, 0.2) is 0 Å². The summed E-state index contributed by atoms with van der Waals surface area (Å²) in [5.41, 5.74) is 0. The molecular weight excluding hydrogens is 827 g/mol. The van der Waals surface area contributed by atoms with Crippen molar-refractivity contribution in [2.75, 3.05) is 6.61 Å². The van der Waals surface area contributed by atoms with Crippen molar-refractivity contribution in [3.05, 3.63) is 72.9 Å². The molecule has 0 saturated carbocycles. The molecule has 3 atom stereocenters. The van der Waals surface area contributed by atoms with Crippen LogP contribution in [0.2, 0.25) is 0 Å². The van der Waals surface area contributed by atoms with Crippen LogP contribution in [0.1, 0.15) is 278 Å². The number of hydrogen-bond acceptors (Lipinski definition) is 5. The molecule has 0 heterocycles. The van der Waals surface area contributed by atoms with Crippen LogP contribution in [0, 0.1) is 0 Å². The lowest BCUT2D eigenvalue weighted by Crippen LogP contribution is -2.46. The molecule has 388 valence electrons. The summed E-state index contributed by atoms with van der Waals surface area (Å²) in [6.07, 6.45) is 69.7. The van der Waals surface area contributed by atoms with Crippen LogP contribution in [0.25, 0.3) is 0 Å². The summed E-state index contributed by atoms with van der Waals surface area (Å²) in [6.45, 7) is 6.35. The smallest absolute Gasteiger partial charge is 0.306 e. The molecule has 0 bridgehead atoms. The Bertz CT molecular complexity index is 1230. The lowest BCUT2D eigenvalue weighted by Gasteiger charge is -2.24. The second-order valence-electron chi connectivity index (χ2n) is 19.4. The Morgan fingerprint density at radius 1 is 0.448 bits per heavy atom. The minimum absolute atomic E-state index is 0.0480. The van der Waals surface area contributed by atoms with E-state index in [4.69, 9.17) is 4.74 Å². The minimum atomic E-state index is -0.803. The van der Waals surface area contributed by atoms with Crippen molar-refractivity contribution in [1.82, 2.24) is 5.32 Å². The highest BCUT2D eigenvalue weighted by molar-refractivity contribution is 5.77. The van der Waals surface area contributed by atoms with Gasteiger partial charge in [-0.05, 0) is 70.6 Å². The van der Waals surface area contributed by atoms with Crippen molar-refractivity contribution >= 4 is 11.9 Å². The number of aliphatic hydroxyl groups excluding tert-OH is 2. The van der Waals surface area contributed by atoms with E-state index in [1.54, 1.807) is 0 Å². The fourth-order valence-electron chi connectivity index (χ4n) is 8.57. The Kier molecular flexibility index (Phi) is 52.1. The monoisotopic (exact) mass is 936 g/mol. The van der Waals surface area contributed by atoms with E-state index in [-0.39, 0.29) is 24.9 Å². The predicted molar refractivity (Wildman–Crippen MR) is 291 cm³/mol. The summed E-state index contributed by atoms with van der Waals surface area (Å²) in [4.78, 5) is 26.2. The SMILES string of the molecule is CC/C=C/C=C/C=C\C=C/C=C/CCCCCC(=O)OC(CCCCC/C=C/CCCCCCCCCCC)CC(=O)NC(CO)C(O)CCCCCCCCCCCCCCCCCCC. The molecule has 0 aliphatic carbocycles. The summed E-state index contributed by atoms with van der Waals surface area (Å²) in [6, 6.07) is -0.719. The molecular formula is C61H109NO5. The molecule has 1 amide bonds. The molecule has 0 aromatic carbocycles. The zero-order valence-corrected chi connectivity index (χ0v) is 44.3. The Hall–Kier alpha value is -2.70. The fraction of sp³-hybridized carbons (Fsp3) is 0.770. The van der Waals surface area contributed by atoms with Gasteiger partial charge in [-0.15, -0.1) is 0 Å². The van der Waals surface area contributed by atoms with Gasteiger partial charge in [0.05, 0.1) is 25.2 Å². The molecule has 0 aliphatic heterocycles. The minimum Gasteiger partial charge on any atom is -0.462 e. The maximum atomic E-state index is 13.3.